The summed E-state index contributed by atoms with van der Waals surface area (Å²) >= 11 is 5.00. The molecule has 17 heavy (non-hydrogen) atoms. The van der Waals surface area contributed by atoms with Crippen LogP contribution in [-0.2, 0) is 4.79 Å². The zero-order valence-corrected chi connectivity index (χ0v) is 11.0. The maximum absolute atomic E-state index is 11.4. The van der Waals surface area contributed by atoms with Crippen LogP contribution in [0, 0.1) is 5.41 Å². The van der Waals surface area contributed by atoms with Gasteiger partial charge in [0.15, 0.2) is 0 Å². The summed E-state index contributed by atoms with van der Waals surface area (Å²) < 4.78 is 0. The van der Waals surface area contributed by atoms with Gasteiger partial charge in [-0.2, -0.15) is 0 Å². The Bertz CT molecular complexity index is 328. The summed E-state index contributed by atoms with van der Waals surface area (Å²) in [6, 6.07) is -0.0763. The molecule has 1 amide bonds. The number of likely N-dealkylation sites (tertiary alicyclic amines) is 1. The van der Waals surface area contributed by atoms with E-state index in [4.69, 9.17) is 23.7 Å². The predicted molar refractivity (Wildman–Crippen MR) is 71.5 cm³/mol. The molecule has 1 aliphatic carbocycles. The third-order valence-corrected chi connectivity index (χ3v) is 4.13. The van der Waals surface area contributed by atoms with E-state index in [2.05, 4.69) is 4.90 Å². The second kappa shape index (κ2) is 4.90. The van der Waals surface area contributed by atoms with Gasteiger partial charge in [-0.15, -0.1) is 0 Å². The molecule has 96 valence electrons. The van der Waals surface area contributed by atoms with Crippen molar-refractivity contribution >= 4 is 23.1 Å². The molecule has 4 N–H and O–H groups in total. The number of carbonyl (C=O) groups excluding carboxylic acids is 1. The SMILES string of the molecule is NC(=O)C1CCCCN1CC1(CC(N)=S)CC1. The molecule has 4 nitrogen and oxygen atoms in total. The standard InChI is InChI=1S/C12H21N3OS/c13-10(17)7-12(4-5-12)8-15-6-2-1-3-9(15)11(14)16/h9H,1-8H2,(H2,13,17)(H2,14,16). The van der Waals surface area contributed by atoms with E-state index in [9.17, 15) is 4.79 Å². The van der Waals surface area contributed by atoms with Crippen molar-refractivity contribution in [2.45, 2.75) is 44.6 Å². The van der Waals surface area contributed by atoms with Crippen LogP contribution in [0.1, 0.15) is 38.5 Å². The van der Waals surface area contributed by atoms with Crippen LogP contribution in [0.3, 0.4) is 0 Å². The summed E-state index contributed by atoms with van der Waals surface area (Å²) in [7, 11) is 0. The molecule has 1 saturated carbocycles. The molecule has 0 aromatic carbocycles. The van der Waals surface area contributed by atoms with E-state index in [0.29, 0.717) is 4.99 Å². The Hall–Kier alpha value is -0.680. The first-order valence-electron chi connectivity index (χ1n) is 6.34. The zero-order valence-electron chi connectivity index (χ0n) is 10.2. The molecule has 2 aliphatic rings. The summed E-state index contributed by atoms with van der Waals surface area (Å²) in [6.07, 6.45) is 6.32. The third-order valence-electron chi connectivity index (χ3n) is 3.99. The highest BCUT2D eigenvalue weighted by atomic mass is 32.1. The normalized spacial score (nSPS) is 27.6. The summed E-state index contributed by atoms with van der Waals surface area (Å²) in [5.74, 6) is -0.184. The fraction of sp³-hybridized carbons (Fsp3) is 0.833. The summed E-state index contributed by atoms with van der Waals surface area (Å²) in [4.78, 5) is 14.3. The Kier molecular flexibility index (Phi) is 3.68. The number of carbonyl (C=O) groups is 1. The number of rotatable bonds is 5. The summed E-state index contributed by atoms with van der Waals surface area (Å²) in [6.45, 7) is 1.91. The van der Waals surface area contributed by atoms with E-state index in [-0.39, 0.29) is 17.4 Å². The van der Waals surface area contributed by atoms with Gasteiger partial charge in [0.1, 0.15) is 0 Å². The molecule has 2 rings (SSSR count). The lowest BCUT2D eigenvalue weighted by atomic mass is 9.96. The van der Waals surface area contributed by atoms with Gasteiger partial charge in [-0.3, -0.25) is 9.69 Å². The van der Waals surface area contributed by atoms with Crippen molar-refractivity contribution in [2.75, 3.05) is 13.1 Å². The second-order valence-electron chi connectivity index (χ2n) is 5.53. The van der Waals surface area contributed by atoms with E-state index in [0.717, 1.165) is 38.8 Å². The zero-order chi connectivity index (χ0) is 12.5. The number of piperidine rings is 1. The van der Waals surface area contributed by atoms with Crippen molar-refractivity contribution in [3.63, 3.8) is 0 Å². The first-order valence-corrected chi connectivity index (χ1v) is 6.75. The van der Waals surface area contributed by atoms with E-state index < -0.39 is 0 Å². The first-order chi connectivity index (χ1) is 8.02. The molecular formula is C12H21N3OS. The molecule has 1 atom stereocenters. The van der Waals surface area contributed by atoms with Gasteiger partial charge in [-0.05, 0) is 37.6 Å². The van der Waals surface area contributed by atoms with Crippen molar-refractivity contribution in [2.24, 2.45) is 16.9 Å². The van der Waals surface area contributed by atoms with E-state index in [1.165, 1.54) is 12.8 Å². The molecule has 1 aliphatic heterocycles. The minimum Gasteiger partial charge on any atom is -0.393 e. The second-order valence-corrected chi connectivity index (χ2v) is 6.05. The largest absolute Gasteiger partial charge is 0.393 e. The number of primary amides is 1. The van der Waals surface area contributed by atoms with Gasteiger partial charge >= 0.3 is 0 Å². The van der Waals surface area contributed by atoms with Crippen molar-refractivity contribution in [1.29, 1.82) is 0 Å². The van der Waals surface area contributed by atoms with E-state index in [1.807, 2.05) is 0 Å². The van der Waals surface area contributed by atoms with E-state index in [1.54, 1.807) is 0 Å². The van der Waals surface area contributed by atoms with Gasteiger partial charge < -0.3 is 11.5 Å². The minimum absolute atomic E-state index is 0.0763. The van der Waals surface area contributed by atoms with Crippen LogP contribution in [0.25, 0.3) is 0 Å². The molecule has 1 unspecified atom stereocenters. The third kappa shape index (κ3) is 3.16. The van der Waals surface area contributed by atoms with Crippen LogP contribution >= 0.6 is 12.2 Å². The smallest absolute Gasteiger partial charge is 0.234 e. The molecule has 0 bridgehead atoms. The fourth-order valence-electron chi connectivity index (χ4n) is 2.87. The van der Waals surface area contributed by atoms with Crippen molar-refractivity contribution in [1.82, 2.24) is 4.90 Å². The lowest BCUT2D eigenvalue weighted by Crippen LogP contribution is -2.49. The Balaban J connectivity index is 1.96. The Morgan fingerprint density at radius 3 is 2.59 bits per heavy atom. The Morgan fingerprint density at radius 2 is 2.06 bits per heavy atom. The van der Waals surface area contributed by atoms with Gasteiger partial charge in [0, 0.05) is 13.0 Å². The lowest BCUT2D eigenvalue weighted by Gasteiger charge is -2.36. The van der Waals surface area contributed by atoms with Crippen LogP contribution < -0.4 is 11.5 Å². The number of thiocarbonyl (C=S) groups is 1. The molecule has 1 saturated heterocycles. The first kappa shape index (κ1) is 12.8. The number of hydrogen-bond acceptors (Lipinski definition) is 3. The van der Waals surface area contributed by atoms with Gasteiger partial charge in [0.2, 0.25) is 5.91 Å². The van der Waals surface area contributed by atoms with Crippen LogP contribution in [0.5, 0.6) is 0 Å². The molecular weight excluding hydrogens is 234 g/mol. The highest BCUT2D eigenvalue weighted by molar-refractivity contribution is 7.80. The van der Waals surface area contributed by atoms with Crippen LogP contribution in [0.15, 0.2) is 0 Å². The monoisotopic (exact) mass is 255 g/mol. The van der Waals surface area contributed by atoms with Crippen molar-refractivity contribution in [3.05, 3.63) is 0 Å². The van der Waals surface area contributed by atoms with Gasteiger partial charge in [-0.25, -0.2) is 0 Å². The Labute approximate surface area is 108 Å². The van der Waals surface area contributed by atoms with Crippen LogP contribution in [0.2, 0.25) is 0 Å². The average Bonchev–Trinajstić information content (AvgIpc) is 2.97. The molecule has 0 radical (unpaired) electrons. The topological polar surface area (TPSA) is 72.4 Å². The summed E-state index contributed by atoms with van der Waals surface area (Å²) in [5, 5.41) is 0. The minimum atomic E-state index is -0.184. The molecule has 0 aromatic heterocycles. The average molecular weight is 255 g/mol. The highest BCUT2D eigenvalue weighted by Crippen LogP contribution is 2.50. The number of hydrogen-bond donors (Lipinski definition) is 2. The van der Waals surface area contributed by atoms with E-state index >= 15 is 0 Å². The molecule has 0 spiro atoms. The number of amides is 1. The van der Waals surface area contributed by atoms with Gasteiger partial charge in [-0.1, -0.05) is 18.6 Å². The predicted octanol–water partition coefficient (Wildman–Crippen LogP) is 0.783. The van der Waals surface area contributed by atoms with Crippen molar-refractivity contribution < 1.29 is 4.79 Å². The highest BCUT2D eigenvalue weighted by Gasteiger charge is 2.45. The van der Waals surface area contributed by atoms with Gasteiger partial charge in [0.05, 0.1) is 11.0 Å². The number of nitrogens with zero attached hydrogens (tertiary/aromatic N) is 1. The van der Waals surface area contributed by atoms with Gasteiger partial charge in [0.25, 0.3) is 0 Å². The molecule has 1 heterocycles. The molecule has 2 fully saturated rings. The quantitative estimate of drug-likeness (QED) is 0.712. The molecule has 0 aromatic rings. The summed E-state index contributed by atoms with van der Waals surface area (Å²) in [5.41, 5.74) is 11.4. The fourth-order valence-corrected chi connectivity index (χ4v) is 3.18. The maximum atomic E-state index is 11.4. The maximum Gasteiger partial charge on any atom is 0.234 e. The number of nitrogens with two attached hydrogens (primary N) is 2. The Morgan fingerprint density at radius 1 is 1.35 bits per heavy atom. The van der Waals surface area contributed by atoms with Crippen LogP contribution in [-0.4, -0.2) is 34.9 Å². The van der Waals surface area contributed by atoms with Crippen LogP contribution in [0.4, 0.5) is 0 Å². The molecule has 5 heteroatoms. The lowest BCUT2D eigenvalue weighted by molar-refractivity contribution is -0.124. The van der Waals surface area contributed by atoms with Crippen molar-refractivity contribution in [3.8, 4) is 0 Å².